The van der Waals surface area contributed by atoms with E-state index in [0.717, 1.165) is 6.42 Å². The van der Waals surface area contributed by atoms with E-state index in [1.54, 1.807) is 18.2 Å². The topological polar surface area (TPSA) is 41.5 Å². The second-order valence-electron chi connectivity index (χ2n) is 5.65. The Kier molecular flexibility index (Phi) is 7.73. The molecular weight excluding hydrogens is 257 g/mol. The lowest BCUT2D eigenvalue weighted by atomic mass is 10.1. The molecule has 0 heterocycles. The Balaban J connectivity index is 2.17. The second kappa shape index (κ2) is 9.06. The summed E-state index contributed by atoms with van der Waals surface area (Å²) in [5.41, 5.74) is 0.605. The van der Waals surface area contributed by atoms with Crippen molar-refractivity contribution in [1.29, 1.82) is 0 Å². The number of rotatable bonds is 9. The number of ether oxygens (including phenoxy) is 1. The summed E-state index contributed by atoms with van der Waals surface area (Å²) in [7, 11) is 0. The first-order valence-corrected chi connectivity index (χ1v) is 7.22. The molecule has 1 aromatic carbocycles. The van der Waals surface area contributed by atoms with Gasteiger partial charge in [0.1, 0.15) is 5.82 Å². The highest BCUT2D eigenvalue weighted by molar-refractivity contribution is 5.16. The standard InChI is InChI=1S/C16H26FNO2/c1-12(2)8-13(3)20-11-15(19)10-18-9-14-6-4-5-7-16(14)17/h4-7,12-13,15,18-19H,8-11H2,1-3H3. The van der Waals surface area contributed by atoms with Crippen LogP contribution in [-0.4, -0.2) is 30.5 Å². The van der Waals surface area contributed by atoms with Gasteiger partial charge in [-0.1, -0.05) is 32.0 Å². The molecule has 0 fully saturated rings. The predicted octanol–water partition coefficient (Wildman–Crippen LogP) is 2.73. The van der Waals surface area contributed by atoms with Crippen LogP contribution in [0.1, 0.15) is 32.8 Å². The minimum Gasteiger partial charge on any atom is -0.389 e. The number of halogens is 1. The third kappa shape index (κ3) is 6.98. The second-order valence-corrected chi connectivity index (χ2v) is 5.65. The number of nitrogens with one attached hydrogen (secondary N) is 1. The Morgan fingerprint density at radius 1 is 1.25 bits per heavy atom. The van der Waals surface area contributed by atoms with Crippen molar-refractivity contribution >= 4 is 0 Å². The van der Waals surface area contributed by atoms with E-state index in [9.17, 15) is 9.50 Å². The van der Waals surface area contributed by atoms with Crippen molar-refractivity contribution in [2.45, 2.75) is 45.9 Å². The molecule has 1 rings (SSSR count). The van der Waals surface area contributed by atoms with Crippen molar-refractivity contribution in [3.8, 4) is 0 Å². The molecule has 2 unspecified atom stereocenters. The van der Waals surface area contributed by atoms with E-state index in [4.69, 9.17) is 4.74 Å². The lowest BCUT2D eigenvalue weighted by Crippen LogP contribution is -2.31. The van der Waals surface area contributed by atoms with Gasteiger partial charge >= 0.3 is 0 Å². The highest BCUT2D eigenvalue weighted by Crippen LogP contribution is 2.08. The van der Waals surface area contributed by atoms with Crippen LogP contribution in [0.2, 0.25) is 0 Å². The zero-order valence-corrected chi connectivity index (χ0v) is 12.6. The van der Waals surface area contributed by atoms with Crippen LogP contribution >= 0.6 is 0 Å². The van der Waals surface area contributed by atoms with Crippen LogP contribution < -0.4 is 5.32 Å². The molecule has 0 aliphatic heterocycles. The minimum absolute atomic E-state index is 0.149. The predicted molar refractivity (Wildman–Crippen MR) is 79.0 cm³/mol. The Morgan fingerprint density at radius 2 is 1.95 bits per heavy atom. The van der Waals surface area contributed by atoms with E-state index >= 15 is 0 Å². The molecule has 20 heavy (non-hydrogen) atoms. The van der Waals surface area contributed by atoms with Gasteiger partial charge in [0.2, 0.25) is 0 Å². The molecule has 0 bridgehead atoms. The summed E-state index contributed by atoms with van der Waals surface area (Å²) in [5, 5.41) is 12.8. The molecule has 2 N–H and O–H groups in total. The molecule has 1 aromatic rings. The molecule has 0 saturated heterocycles. The molecule has 0 aromatic heterocycles. The first kappa shape index (κ1) is 17.1. The van der Waals surface area contributed by atoms with Gasteiger partial charge in [-0.05, 0) is 25.3 Å². The summed E-state index contributed by atoms with van der Waals surface area (Å²) in [5.74, 6) is 0.359. The summed E-state index contributed by atoms with van der Waals surface area (Å²) in [4.78, 5) is 0. The van der Waals surface area contributed by atoms with Gasteiger partial charge < -0.3 is 15.2 Å². The van der Waals surface area contributed by atoms with Gasteiger partial charge in [-0.3, -0.25) is 0 Å². The third-order valence-corrected chi connectivity index (χ3v) is 3.03. The number of hydrogen-bond acceptors (Lipinski definition) is 3. The molecule has 0 aliphatic rings. The lowest BCUT2D eigenvalue weighted by molar-refractivity contribution is -0.00858. The zero-order chi connectivity index (χ0) is 15.0. The monoisotopic (exact) mass is 283 g/mol. The van der Waals surface area contributed by atoms with Crippen LogP contribution in [0.4, 0.5) is 4.39 Å². The molecule has 2 atom stereocenters. The van der Waals surface area contributed by atoms with Crippen LogP contribution in [-0.2, 0) is 11.3 Å². The fourth-order valence-corrected chi connectivity index (χ4v) is 2.08. The van der Waals surface area contributed by atoms with Crippen molar-refractivity contribution in [1.82, 2.24) is 5.32 Å². The maximum absolute atomic E-state index is 13.4. The van der Waals surface area contributed by atoms with Crippen LogP contribution in [0, 0.1) is 11.7 Å². The van der Waals surface area contributed by atoms with Crippen LogP contribution in [0.25, 0.3) is 0 Å². The molecule has 4 heteroatoms. The van der Waals surface area contributed by atoms with Crippen LogP contribution in [0.5, 0.6) is 0 Å². The average molecular weight is 283 g/mol. The maximum atomic E-state index is 13.4. The van der Waals surface area contributed by atoms with Gasteiger partial charge in [0.05, 0.1) is 18.8 Å². The summed E-state index contributed by atoms with van der Waals surface area (Å²) in [6.07, 6.45) is 0.558. The largest absolute Gasteiger partial charge is 0.389 e. The van der Waals surface area contributed by atoms with E-state index in [-0.39, 0.29) is 11.9 Å². The van der Waals surface area contributed by atoms with Gasteiger partial charge in [0.15, 0.2) is 0 Å². The molecule has 3 nitrogen and oxygen atoms in total. The van der Waals surface area contributed by atoms with Crippen molar-refractivity contribution in [2.24, 2.45) is 5.92 Å². The smallest absolute Gasteiger partial charge is 0.127 e. The molecule has 114 valence electrons. The number of benzene rings is 1. The lowest BCUT2D eigenvalue weighted by Gasteiger charge is -2.18. The number of aliphatic hydroxyl groups excluding tert-OH is 1. The Bertz CT molecular complexity index is 384. The first-order chi connectivity index (χ1) is 9.49. The van der Waals surface area contributed by atoms with Crippen molar-refractivity contribution in [3.63, 3.8) is 0 Å². The van der Waals surface area contributed by atoms with Gasteiger partial charge in [-0.25, -0.2) is 4.39 Å². The number of aliphatic hydroxyl groups is 1. The summed E-state index contributed by atoms with van der Waals surface area (Å²) >= 11 is 0. The van der Waals surface area contributed by atoms with Gasteiger partial charge in [-0.15, -0.1) is 0 Å². The molecule has 0 spiro atoms. The first-order valence-electron chi connectivity index (χ1n) is 7.22. The maximum Gasteiger partial charge on any atom is 0.127 e. The zero-order valence-electron chi connectivity index (χ0n) is 12.6. The normalized spacial score (nSPS) is 14.5. The quantitative estimate of drug-likeness (QED) is 0.732. The minimum atomic E-state index is -0.573. The van der Waals surface area contributed by atoms with E-state index < -0.39 is 6.10 Å². The SMILES string of the molecule is CC(C)CC(C)OCC(O)CNCc1ccccc1F. The molecular formula is C16H26FNO2. The van der Waals surface area contributed by atoms with Gasteiger partial charge in [0, 0.05) is 18.7 Å². The van der Waals surface area contributed by atoms with Crippen molar-refractivity contribution in [3.05, 3.63) is 35.6 Å². The highest BCUT2D eigenvalue weighted by atomic mass is 19.1. The Morgan fingerprint density at radius 3 is 2.60 bits per heavy atom. The third-order valence-electron chi connectivity index (χ3n) is 3.03. The number of hydrogen-bond donors (Lipinski definition) is 2. The Hall–Kier alpha value is -0.970. The van der Waals surface area contributed by atoms with Crippen LogP contribution in [0.15, 0.2) is 24.3 Å². The summed E-state index contributed by atoms with van der Waals surface area (Å²) in [6, 6.07) is 6.63. The fourth-order valence-electron chi connectivity index (χ4n) is 2.08. The molecule has 0 radical (unpaired) electrons. The van der Waals surface area contributed by atoms with E-state index in [2.05, 4.69) is 19.2 Å². The van der Waals surface area contributed by atoms with E-state index in [1.165, 1.54) is 6.07 Å². The fraction of sp³-hybridized carbons (Fsp3) is 0.625. The van der Waals surface area contributed by atoms with E-state index in [0.29, 0.717) is 31.2 Å². The highest BCUT2D eigenvalue weighted by Gasteiger charge is 2.09. The Labute approximate surface area is 121 Å². The van der Waals surface area contributed by atoms with Gasteiger partial charge in [-0.2, -0.15) is 0 Å². The van der Waals surface area contributed by atoms with Gasteiger partial charge in [0.25, 0.3) is 0 Å². The summed E-state index contributed by atoms with van der Waals surface area (Å²) < 4.78 is 18.9. The van der Waals surface area contributed by atoms with Crippen molar-refractivity contribution in [2.75, 3.05) is 13.2 Å². The molecule has 0 aliphatic carbocycles. The van der Waals surface area contributed by atoms with E-state index in [1.807, 2.05) is 6.92 Å². The van der Waals surface area contributed by atoms with Crippen LogP contribution in [0.3, 0.4) is 0 Å². The average Bonchev–Trinajstić information content (AvgIpc) is 2.38. The molecule has 0 amide bonds. The van der Waals surface area contributed by atoms with Crippen molar-refractivity contribution < 1.29 is 14.2 Å². The molecule has 0 saturated carbocycles. The summed E-state index contributed by atoms with van der Waals surface area (Å²) in [6.45, 7) is 7.41.